The van der Waals surface area contributed by atoms with Gasteiger partial charge in [-0.25, -0.2) is 9.59 Å². The molecule has 4 rings (SSSR count). The Morgan fingerprint density at radius 1 is 0.784 bits per heavy atom. The van der Waals surface area contributed by atoms with E-state index >= 15 is 0 Å². The van der Waals surface area contributed by atoms with Crippen LogP contribution in [0.25, 0.3) is 11.1 Å². The van der Waals surface area contributed by atoms with Crippen LogP contribution in [0, 0.1) is 0 Å². The van der Waals surface area contributed by atoms with E-state index in [1.54, 1.807) is 45.0 Å². The average Bonchev–Trinajstić information content (AvgIpc) is 3.18. The quantitative estimate of drug-likeness (QED) is 0.413. The number of hydrogen-bond acceptors (Lipinski definition) is 5. The molecule has 0 saturated carbocycles. The predicted molar refractivity (Wildman–Crippen MR) is 141 cm³/mol. The highest BCUT2D eigenvalue weighted by molar-refractivity contribution is 5.93. The molecule has 0 spiro atoms. The van der Waals surface area contributed by atoms with Crippen molar-refractivity contribution >= 4 is 23.8 Å². The van der Waals surface area contributed by atoms with Crippen LogP contribution in [0.3, 0.4) is 0 Å². The van der Waals surface area contributed by atoms with E-state index in [1.807, 2.05) is 36.4 Å². The van der Waals surface area contributed by atoms with Gasteiger partial charge in [0.05, 0.1) is 0 Å². The molecule has 0 heterocycles. The molecule has 37 heavy (non-hydrogen) atoms. The van der Waals surface area contributed by atoms with E-state index in [1.165, 1.54) is 0 Å². The van der Waals surface area contributed by atoms with Crippen LogP contribution in [0.4, 0.5) is 15.3 Å². The summed E-state index contributed by atoms with van der Waals surface area (Å²) >= 11 is 0. The number of carbonyl (C=O) groups is 3. The maximum Gasteiger partial charge on any atom is 0.407 e. The van der Waals surface area contributed by atoms with Crippen molar-refractivity contribution in [1.29, 1.82) is 0 Å². The van der Waals surface area contributed by atoms with Crippen molar-refractivity contribution in [3.8, 4) is 11.1 Å². The molecule has 3 amide bonds. The first-order valence-electron chi connectivity index (χ1n) is 12.1. The molecule has 3 aromatic rings. The van der Waals surface area contributed by atoms with Crippen molar-refractivity contribution in [2.75, 3.05) is 18.5 Å². The van der Waals surface area contributed by atoms with Gasteiger partial charge in [-0.05, 0) is 60.7 Å². The van der Waals surface area contributed by atoms with E-state index in [0.717, 1.165) is 27.8 Å². The van der Waals surface area contributed by atoms with E-state index in [9.17, 15) is 14.4 Å². The van der Waals surface area contributed by atoms with Gasteiger partial charge in [0.25, 0.3) is 0 Å². The zero-order chi connectivity index (χ0) is 26.4. The number of alkyl carbamates (subject to hydrolysis) is 2. The zero-order valence-electron chi connectivity index (χ0n) is 21.2. The summed E-state index contributed by atoms with van der Waals surface area (Å²) in [6.45, 7) is 5.65. The summed E-state index contributed by atoms with van der Waals surface area (Å²) in [5.41, 5.74) is 5.40. The second kappa shape index (κ2) is 11.2. The van der Waals surface area contributed by atoms with E-state index in [0.29, 0.717) is 12.2 Å². The molecular formula is C29H31N3O5. The second-order valence-electron chi connectivity index (χ2n) is 9.78. The first-order valence-corrected chi connectivity index (χ1v) is 12.1. The number of amides is 3. The molecule has 0 saturated heterocycles. The molecule has 0 atom stereocenters. The van der Waals surface area contributed by atoms with Crippen LogP contribution in [0.5, 0.6) is 0 Å². The molecule has 8 nitrogen and oxygen atoms in total. The third-order valence-electron chi connectivity index (χ3n) is 5.81. The van der Waals surface area contributed by atoms with Crippen LogP contribution < -0.4 is 16.0 Å². The van der Waals surface area contributed by atoms with Gasteiger partial charge in [-0.15, -0.1) is 0 Å². The Balaban J connectivity index is 1.21. The van der Waals surface area contributed by atoms with E-state index in [-0.39, 0.29) is 25.0 Å². The summed E-state index contributed by atoms with van der Waals surface area (Å²) in [7, 11) is 0. The summed E-state index contributed by atoms with van der Waals surface area (Å²) in [6.07, 6.45) is -1.15. The van der Waals surface area contributed by atoms with Crippen LogP contribution in [0.2, 0.25) is 0 Å². The van der Waals surface area contributed by atoms with E-state index in [4.69, 9.17) is 9.47 Å². The normalized spacial score (nSPS) is 12.2. The van der Waals surface area contributed by atoms with Gasteiger partial charge >= 0.3 is 12.2 Å². The first kappa shape index (κ1) is 25.8. The lowest BCUT2D eigenvalue weighted by atomic mass is 9.98. The molecule has 0 radical (unpaired) electrons. The van der Waals surface area contributed by atoms with Crippen molar-refractivity contribution in [3.05, 3.63) is 89.5 Å². The molecule has 3 aromatic carbocycles. The molecule has 3 N–H and O–H groups in total. The maximum absolute atomic E-state index is 12.3. The van der Waals surface area contributed by atoms with Gasteiger partial charge in [0.1, 0.15) is 18.8 Å². The fourth-order valence-electron chi connectivity index (χ4n) is 4.20. The lowest BCUT2D eigenvalue weighted by Crippen LogP contribution is -2.34. The minimum absolute atomic E-state index is 0.0460. The number of benzene rings is 3. The van der Waals surface area contributed by atoms with Crippen LogP contribution in [0.15, 0.2) is 72.8 Å². The van der Waals surface area contributed by atoms with Gasteiger partial charge in [0, 0.05) is 18.2 Å². The number of anilines is 1. The first-order chi connectivity index (χ1) is 17.7. The van der Waals surface area contributed by atoms with E-state index < -0.39 is 17.8 Å². The third-order valence-corrected chi connectivity index (χ3v) is 5.81. The Morgan fingerprint density at radius 2 is 1.38 bits per heavy atom. The zero-order valence-corrected chi connectivity index (χ0v) is 21.2. The Labute approximate surface area is 216 Å². The molecule has 1 aliphatic rings. The Hall–Kier alpha value is -4.33. The van der Waals surface area contributed by atoms with Gasteiger partial charge in [-0.3, -0.25) is 4.79 Å². The largest absolute Gasteiger partial charge is 0.449 e. The van der Waals surface area contributed by atoms with Gasteiger partial charge in [-0.1, -0.05) is 60.7 Å². The van der Waals surface area contributed by atoms with Crippen molar-refractivity contribution in [2.24, 2.45) is 0 Å². The topological polar surface area (TPSA) is 106 Å². The SMILES string of the molecule is CC(C)(C)OC(=O)NCc1ccc(NC(=O)CNC(=O)OCC2c3ccccc3-c3ccccc32)cc1. The van der Waals surface area contributed by atoms with Crippen LogP contribution in [0.1, 0.15) is 43.4 Å². The van der Waals surface area contributed by atoms with Gasteiger partial charge in [-0.2, -0.15) is 0 Å². The average molecular weight is 502 g/mol. The lowest BCUT2D eigenvalue weighted by molar-refractivity contribution is -0.115. The fourth-order valence-corrected chi connectivity index (χ4v) is 4.20. The molecule has 192 valence electrons. The number of rotatable bonds is 7. The summed E-state index contributed by atoms with van der Waals surface area (Å²) in [6, 6.07) is 23.2. The smallest absolute Gasteiger partial charge is 0.407 e. The summed E-state index contributed by atoms with van der Waals surface area (Å²) in [4.78, 5) is 36.3. The number of fused-ring (bicyclic) bond motifs is 3. The summed E-state index contributed by atoms with van der Waals surface area (Å²) in [5.74, 6) is -0.427. The molecule has 8 heteroatoms. The number of hydrogen-bond donors (Lipinski definition) is 3. The molecule has 0 bridgehead atoms. The van der Waals surface area contributed by atoms with Crippen molar-refractivity contribution in [3.63, 3.8) is 0 Å². The highest BCUT2D eigenvalue weighted by atomic mass is 16.6. The number of nitrogens with one attached hydrogen (secondary N) is 3. The standard InChI is InChI=1S/C29H31N3O5/c1-29(2,3)37-28(35)30-16-19-12-14-20(15-13-19)32-26(33)17-31-27(34)36-18-25-23-10-6-4-8-21(23)22-9-5-7-11-24(22)25/h4-15,25H,16-18H2,1-3H3,(H,30,35)(H,31,34)(H,32,33). The molecule has 1 aliphatic carbocycles. The minimum Gasteiger partial charge on any atom is -0.449 e. The second-order valence-corrected chi connectivity index (χ2v) is 9.78. The van der Waals surface area contributed by atoms with Crippen molar-refractivity contribution < 1.29 is 23.9 Å². The fraction of sp³-hybridized carbons (Fsp3) is 0.276. The molecule has 0 aliphatic heterocycles. The van der Waals surface area contributed by atoms with Crippen molar-refractivity contribution in [2.45, 2.75) is 38.8 Å². The monoisotopic (exact) mass is 501 g/mol. The molecule has 0 aromatic heterocycles. The van der Waals surface area contributed by atoms with Crippen LogP contribution in [-0.2, 0) is 20.8 Å². The van der Waals surface area contributed by atoms with Gasteiger partial charge in [0.2, 0.25) is 5.91 Å². The highest BCUT2D eigenvalue weighted by Gasteiger charge is 2.29. The van der Waals surface area contributed by atoms with E-state index in [2.05, 4.69) is 28.1 Å². The summed E-state index contributed by atoms with van der Waals surface area (Å²) in [5, 5.41) is 7.91. The van der Waals surface area contributed by atoms with Crippen LogP contribution >= 0.6 is 0 Å². The Bertz CT molecular complexity index is 1240. The lowest BCUT2D eigenvalue weighted by Gasteiger charge is -2.19. The highest BCUT2D eigenvalue weighted by Crippen LogP contribution is 2.44. The number of ether oxygens (including phenoxy) is 2. The predicted octanol–water partition coefficient (Wildman–Crippen LogP) is 5.19. The van der Waals surface area contributed by atoms with Crippen molar-refractivity contribution in [1.82, 2.24) is 10.6 Å². The maximum atomic E-state index is 12.3. The Kier molecular flexibility index (Phi) is 7.77. The molecule has 0 fully saturated rings. The Morgan fingerprint density at radius 3 is 1.97 bits per heavy atom. The van der Waals surface area contributed by atoms with Crippen LogP contribution in [-0.4, -0.2) is 36.8 Å². The number of carbonyl (C=O) groups excluding carboxylic acids is 3. The summed E-state index contributed by atoms with van der Waals surface area (Å²) < 4.78 is 10.7. The molecule has 0 unspecified atom stereocenters. The minimum atomic E-state index is -0.652. The van der Waals surface area contributed by atoms with Gasteiger partial charge < -0.3 is 25.4 Å². The molecular weight excluding hydrogens is 470 g/mol. The van der Waals surface area contributed by atoms with Gasteiger partial charge in [0.15, 0.2) is 0 Å². The third kappa shape index (κ3) is 6.88.